The molecule has 0 unspecified atom stereocenters. The van der Waals surface area contributed by atoms with Crippen LogP contribution in [0.5, 0.6) is 5.75 Å². The minimum atomic E-state index is -4.76. The molecule has 1 aromatic carbocycles. The second-order valence-corrected chi connectivity index (χ2v) is 4.78. The highest BCUT2D eigenvalue weighted by atomic mass is 35.5. The van der Waals surface area contributed by atoms with Crippen molar-refractivity contribution in [1.82, 2.24) is 9.78 Å². The van der Waals surface area contributed by atoms with Gasteiger partial charge >= 0.3 is 6.36 Å². The SMILES string of the molecule is Cc1nn(C)c(C(=O)Nc2ccc(OC(F)(F)F)cc2)c1Cl. The molecule has 0 saturated heterocycles. The molecule has 0 atom stereocenters. The lowest BCUT2D eigenvalue weighted by Gasteiger charge is -2.10. The zero-order valence-corrected chi connectivity index (χ0v) is 12.3. The summed E-state index contributed by atoms with van der Waals surface area (Å²) in [7, 11) is 1.56. The molecule has 0 bridgehead atoms. The van der Waals surface area contributed by atoms with Gasteiger partial charge in [-0.1, -0.05) is 11.6 Å². The fraction of sp³-hybridized carbons (Fsp3) is 0.231. The number of benzene rings is 1. The smallest absolute Gasteiger partial charge is 0.406 e. The minimum Gasteiger partial charge on any atom is -0.406 e. The van der Waals surface area contributed by atoms with Gasteiger partial charge in [0.05, 0.1) is 10.7 Å². The first kappa shape index (κ1) is 16.2. The summed E-state index contributed by atoms with van der Waals surface area (Å²) in [4.78, 5) is 12.1. The third-order valence-corrected chi connectivity index (χ3v) is 3.16. The molecule has 1 N–H and O–H groups in total. The molecule has 1 amide bonds. The van der Waals surface area contributed by atoms with Crippen LogP contribution in [0.2, 0.25) is 5.02 Å². The van der Waals surface area contributed by atoms with Crippen molar-refractivity contribution in [3.63, 3.8) is 0 Å². The molecule has 5 nitrogen and oxygen atoms in total. The van der Waals surface area contributed by atoms with Crippen LogP contribution in [-0.4, -0.2) is 22.1 Å². The Balaban J connectivity index is 2.12. The number of nitrogens with one attached hydrogen (secondary N) is 1. The summed E-state index contributed by atoms with van der Waals surface area (Å²) in [5, 5.41) is 6.75. The summed E-state index contributed by atoms with van der Waals surface area (Å²) in [5.41, 5.74) is 0.965. The molecule has 0 aliphatic heterocycles. The maximum absolute atomic E-state index is 12.1. The Morgan fingerprint density at radius 3 is 2.36 bits per heavy atom. The van der Waals surface area contributed by atoms with Gasteiger partial charge in [-0.05, 0) is 31.2 Å². The Labute approximate surface area is 128 Å². The number of nitrogens with zero attached hydrogens (tertiary/aromatic N) is 2. The van der Waals surface area contributed by atoms with Crippen LogP contribution in [-0.2, 0) is 7.05 Å². The number of amides is 1. The standard InChI is InChI=1S/C13H11ClF3N3O2/c1-7-10(14)11(20(2)19-7)12(21)18-8-3-5-9(6-4-8)22-13(15,16)17/h3-6H,1-2H3,(H,18,21). The van der Waals surface area contributed by atoms with E-state index in [4.69, 9.17) is 11.6 Å². The Kier molecular flexibility index (Phi) is 4.32. The van der Waals surface area contributed by atoms with E-state index in [9.17, 15) is 18.0 Å². The van der Waals surface area contributed by atoms with Crippen LogP contribution >= 0.6 is 11.6 Å². The van der Waals surface area contributed by atoms with E-state index in [1.165, 1.54) is 16.8 Å². The van der Waals surface area contributed by atoms with Crippen molar-refractivity contribution in [3.8, 4) is 5.75 Å². The first-order valence-electron chi connectivity index (χ1n) is 6.03. The molecule has 2 rings (SSSR count). The van der Waals surface area contributed by atoms with Crippen molar-refractivity contribution in [2.45, 2.75) is 13.3 Å². The summed E-state index contributed by atoms with van der Waals surface area (Å²) in [6, 6.07) is 4.77. The van der Waals surface area contributed by atoms with Crippen LogP contribution in [0.1, 0.15) is 16.2 Å². The third-order valence-electron chi connectivity index (χ3n) is 2.71. The van der Waals surface area contributed by atoms with E-state index in [-0.39, 0.29) is 16.5 Å². The lowest BCUT2D eigenvalue weighted by atomic mass is 10.3. The first-order chi connectivity index (χ1) is 10.2. The van der Waals surface area contributed by atoms with Gasteiger partial charge in [-0.2, -0.15) is 5.10 Å². The number of ether oxygens (including phenoxy) is 1. The number of hydrogen-bond donors (Lipinski definition) is 1. The van der Waals surface area contributed by atoms with Crippen LogP contribution in [0.25, 0.3) is 0 Å². The van der Waals surface area contributed by atoms with E-state index < -0.39 is 12.3 Å². The summed E-state index contributed by atoms with van der Waals surface area (Å²) < 4.78 is 41.2. The molecule has 0 saturated carbocycles. The summed E-state index contributed by atoms with van der Waals surface area (Å²) in [5.74, 6) is -0.891. The summed E-state index contributed by atoms with van der Waals surface area (Å²) in [6.45, 7) is 1.66. The second kappa shape index (κ2) is 5.88. The maximum Gasteiger partial charge on any atom is 0.573 e. The van der Waals surface area contributed by atoms with Crippen molar-refractivity contribution >= 4 is 23.2 Å². The predicted molar refractivity (Wildman–Crippen MR) is 74.0 cm³/mol. The first-order valence-corrected chi connectivity index (χ1v) is 6.41. The quantitative estimate of drug-likeness (QED) is 0.934. The molecule has 0 aliphatic carbocycles. The van der Waals surface area contributed by atoms with Gasteiger partial charge in [0.2, 0.25) is 0 Å². The molecular weight excluding hydrogens is 323 g/mol. The fourth-order valence-corrected chi connectivity index (χ4v) is 2.06. The zero-order chi connectivity index (χ0) is 16.5. The van der Waals surface area contributed by atoms with Gasteiger partial charge in [-0.25, -0.2) is 0 Å². The van der Waals surface area contributed by atoms with Gasteiger partial charge in [0, 0.05) is 12.7 Å². The van der Waals surface area contributed by atoms with Gasteiger partial charge in [0.15, 0.2) is 0 Å². The topological polar surface area (TPSA) is 56.2 Å². The summed E-state index contributed by atoms with van der Waals surface area (Å²) >= 11 is 5.98. The fourth-order valence-electron chi connectivity index (χ4n) is 1.81. The molecule has 118 valence electrons. The van der Waals surface area contributed by atoms with Crippen LogP contribution in [0, 0.1) is 6.92 Å². The van der Waals surface area contributed by atoms with E-state index in [0.29, 0.717) is 11.4 Å². The highest BCUT2D eigenvalue weighted by Gasteiger charge is 2.31. The Hall–Kier alpha value is -2.22. The molecule has 0 radical (unpaired) electrons. The predicted octanol–water partition coefficient (Wildman–Crippen LogP) is 3.53. The number of aromatic nitrogens is 2. The highest BCUT2D eigenvalue weighted by molar-refractivity contribution is 6.34. The maximum atomic E-state index is 12.1. The zero-order valence-electron chi connectivity index (χ0n) is 11.5. The number of carbonyl (C=O) groups is 1. The number of carbonyl (C=O) groups excluding carboxylic acids is 1. The monoisotopic (exact) mass is 333 g/mol. The van der Waals surface area contributed by atoms with E-state index >= 15 is 0 Å². The van der Waals surface area contributed by atoms with Crippen LogP contribution in [0.4, 0.5) is 18.9 Å². The molecule has 0 fully saturated rings. The van der Waals surface area contributed by atoms with Gasteiger partial charge in [-0.3, -0.25) is 9.48 Å². The van der Waals surface area contributed by atoms with Crippen molar-refractivity contribution in [1.29, 1.82) is 0 Å². The molecule has 9 heteroatoms. The Morgan fingerprint density at radius 1 is 1.32 bits per heavy atom. The lowest BCUT2D eigenvalue weighted by molar-refractivity contribution is -0.274. The van der Waals surface area contributed by atoms with Crippen LogP contribution in [0.15, 0.2) is 24.3 Å². The van der Waals surface area contributed by atoms with E-state index in [0.717, 1.165) is 12.1 Å². The van der Waals surface area contributed by atoms with Crippen molar-refractivity contribution in [3.05, 3.63) is 40.7 Å². The Morgan fingerprint density at radius 2 is 1.91 bits per heavy atom. The van der Waals surface area contributed by atoms with Gasteiger partial charge in [-0.15, -0.1) is 13.2 Å². The Bertz CT molecular complexity index is 696. The number of aryl methyl sites for hydroxylation is 2. The van der Waals surface area contributed by atoms with Crippen molar-refractivity contribution in [2.75, 3.05) is 5.32 Å². The van der Waals surface area contributed by atoms with Gasteiger partial charge in [0.25, 0.3) is 5.91 Å². The average molecular weight is 334 g/mol. The highest BCUT2D eigenvalue weighted by Crippen LogP contribution is 2.25. The number of hydrogen-bond acceptors (Lipinski definition) is 3. The number of rotatable bonds is 3. The van der Waals surface area contributed by atoms with E-state index in [1.807, 2.05) is 0 Å². The van der Waals surface area contributed by atoms with Gasteiger partial charge in [0.1, 0.15) is 11.4 Å². The number of halogens is 4. The minimum absolute atomic E-state index is 0.162. The normalized spacial score (nSPS) is 11.4. The summed E-state index contributed by atoms with van der Waals surface area (Å²) in [6.07, 6.45) is -4.76. The molecule has 0 spiro atoms. The van der Waals surface area contributed by atoms with Crippen molar-refractivity contribution in [2.24, 2.45) is 7.05 Å². The van der Waals surface area contributed by atoms with Crippen LogP contribution < -0.4 is 10.1 Å². The largest absolute Gasteiger partial charge is 0.573 e. The second-order valence-electron chi connectivity index (χ2n) is 4.40. The molecular formula is C13H11ClF3N3O2. The van der Waals surface area contributed by atoms with Gasteiger partial charge < -0.3 is 10.1 Å². The number of anilines is 1. The molecule has 1 heterocycles. The molecule has 1 aromatic heterocycles. The molecule has 22 heavy (non-hydrogen) atoms. The third kappa shape index (κ3) is 3.70. The molecule has 2 aromatic rings. The van der Waals surface area contributed by atoms with E-state index in [1.54, 1.807) is 14.0 Å². The average Bonchev–Trinajstić information content (AvgIpc) is 2.64. The van der Waals surface area contributed by atoms with Crippen LogP contribution in [0.3, 0.4) is 0 Å². The van der Waals surface area contributed by atoms with Crippen molar-refractivity contribution < 1.29 is 22.7 Å². The lowest BCUT2D eigenvalue weighted by Crippen LogP contribution is -2.18. The number of alkyl halides is 3. The molecule has 0 aliphatic rings. The van der Waals surface area contributed by atoms with E-state index in [2.05, 4.69) is 15.2 Å².